The van der Waals surface area contributed by atoms with Crippen molar-refractivity contribution >= 4 is 50.2 Å². The van der Waals surface area contributed by atoms with Gasteiger partial charge in [-0.05, 0) is 52.7 Å². The molecule has 90 valence electrons. The lowest BCUT2D eigenvalue weighted by molar-refractivity contribution is 1.19. The fourth-order valence-electron chi connectivity index (χ4n) is 1.48. The lowest BCUT2D eigenvalue weighted by Gasteiger charge is -2.10. The van der Waals surface area contributed by atoms with Crippen molar-refractivity contribution in [3.63, 3.8) is 0 Å². The van der Waals surface area contributed by atoms with Crippen LogP contribution >= 0.6 is 38.9 Å². The van der Waals surface area contributed by atoms with Gasteiger partial charge in [-0.2, -0.15) is 0 Å². The Hall–Kier alpha value is -0.710. The molecule has 0 saturated carbocycles. The first kappa shape index (κ1) is 12.7. The number of thiophene rings is 1. The molecule has 0 saturated heterocycles. The standard InChI is InChI=1S/C12H12BrClN2S/c1-7-4-11(10(15)5-9(7)14)16-6-8-2-3-12(13)17-8/h2-5,16H,6,15H2,1H3. The Balaban J connectivity index is 2.11. The second-order valence-electron chi connectivity index (χ2n) is 3.75. The molecule has 3 N–H and O–H groups in total. The molecule has 0 spiro atoms. The van der Waals surface area contributed by atoms with E-state index in [-0.39, 0.29) is 0 Å². The topological polar surface area (TPSA) is 38.0 Å². The molecule has 2 nitrogen and oxygen atoms in total. The van der Waals surface area contributed by atoms with Crippen LogP contribution in [0.1, 0.15) is 10.4 Å². The second kappa shape index (κ2) is 5.29. The molecule has 17 heavy (non-hydrogen) atoms. The highest BCUT2D eigenvalue weighted by Gasteiger charge is 2.04. The summed E-state index contributed by atoms with van der Waals surface area (Å²) < 4.78 is 1.13. The Morgan fingerprint density at radius 1 is 1.41 bits per heavy atom. The molecule has 0 aliphatic heterocycles. The minimum absolute atomic E-state index is 0.677. The molecule has 1 aromatic carbocycles. The van der Waals surface area contributed by atoms with Gasteiger partial charge in [-0.3, -0.25) is 0 Å². The number of anilines is 2. The van der Waals surface area contributed by atoms with Crippen molar-refractivity contribution in [2.75, 3.05) is 11.1 Å². The molecule has 0 unspecified atom stereocenters. The molecule has 0 atom stereocenters. The number of nitrogens with one attached hydrogen (secondary N) is 1. The van der Waals surface area contributed by atoms with Crippen LogP contribution in [0.3, 0.4) is 0 Å². The SMILES string of the molecule is Cc1cc(NCc2ccc(Br)s2)c(N)cc1Cl. The zero-order valence-corrected chi connectivity index (χ0v) is 12.4. The number of nitrogen functional groups attached to an aromatic ring is 1. The van der Waals surface area contributed by atoms with E-state index in [0.29, 0.717) is 10.7 Å². The first-order valence-corrected chi connectivity index (χ1v) is 7.08. The van der Waals surface area contributed by atoms with E-state index in [9.17, 15) is 0 Å². The molecular formula is C12H12BrClN2S. The third-order valence-electron chi connectivity index (χ3n) is 2.41. The molecule has 0 bridgehead atoms. The zero-order chi connectivity index (χ0) is 12.4. The molecular weight excluding hydrogens is 320 g/mol. The molecule has 5 heteroatoms. The summed E-state index contributed by atoms with van der Waals surface area (Å²) in [6.07, 6.45) is 0. The molecule has 0 aliphatic rings. The van der Waals surface area contributed by atoms with Gasteiger partial charge < -0.3 is 11.1 Å². The highest BCUT2D eigenvalue weighted by molar-refractivity contribution is 9.11. The molecule has 2 rings (SSSR count). The maximum absolute atomic E-state index is 5.99. The van der Waals surface area contributed by atoms with Crippen molar-refractivity contribution in [2.45, 2.75) is 13.5 Å². The first-order valence-electron chi connectivity index (χ1n) is 5.10. The van der Waals surface area contributed by atoms with Gasteiger partial charge >= 0.3 is 0 Å². The van der Waals surface area contributed by atoms with E-state index in [1.54, 1.807) is 17.4 Å². The van der Waals surface area contributed by atoms with Crippen LogP contribution in [0.5, 0.6) is 0 Å². The van der Waals surface area contributed by atoms with Crippen LogP contribution in [0.2, 0.25) is 5.02 Å². The summed E-state index contributed by atoms with van der Waals surface area (Å²) in [6, 6.07) is 7.88. The van der Waals surface area contributed by atoms with Gasteiger partial charge in [0.05, 0.1) is 15.2 Å². The highest BCUT2D eigenvalue weighted by atomic mass is 79.9. The van der Waals surface area contributed by atoms with Crippen LogP contribution < -0.4 is 11.1 Å². The summed E-state index contributed by atoms with van der Waals surface area (Å²) in [4.78, 5) is 1.25. The highest BCUT2D eigenvalue weighted by Crippen LogP contribution is 2.28. The molecule has 0 aliphatic carbocycles. The monoisotopic (exact) mass is 330 g/mol. The Kier molecular flexibility index (Phi) is 3.97. The lowest BCUT2D eigenvalue weighted by Crippen LogP contribution is -2.01. The third-order valence-corrected chi connectivity index (χ3v) is 4.44. The normalized spacial score (nSPS) is 10.5. The average Bonchev–Trinajstić information content (AvgIpc) is 2.68. The number of hydrogen-bond donors (Lipinski definition) is 2. The van der Waals surface area contributed by atoms with Crippen LogP contribution in [0, 0.1) is 6.92 Å². The summed E-state index contributed by atoms with van der Waals surface area (Å²) in [6.45, 7) is 2.73. The molecule has 0 fully saturated rings. The van der Waals surface area contributed by atoms with Crippen molar-refractivity contribution in [3.8, 4) is 0 Å². The summed E-state index contributed by atoms with van der Waals surface area (Å²) in [7, 11) is 0. The Bertz CT molecular complexity index is 539. The maximum Gasteiger partial charge on any atom is 0.0702 e. The van der Waals surface area contributed by atoms with Gasteiger partial charge in [0.15, 0.2) is 0 Å². The van der Waals surface area contributed by atoms with Gasteiger partial charge in [-0.25, -0.2) is 0 Å². The lowest BCUT2D eigenvalue weighted by atomic mass is 10.2. The van der Waals surface area contributed by atoms with Gasteiger partial charge in [0.25, 0.3) is 0 Å². The van der Waals surface area contributed by atoms with E-state index < -0.39 is 0 Å². The Morgan fingerprint density at radius 2 is 2.18 bits per heavy atom. The first-order chi connectivity index (χ1) is 8.06. The fourth-order valence-corrected chi connectivity index (χ4v) is 3.07. The predicted octanol–water partition coefficient (Wildman–Crippen LogP) is 4.67. The Labute approximate surface area is 118 Å². The fraction of sp³-hybridized carbons (Fsp3) is 0.167. The van der Waals surface area contributed by atoms with E-state index in [1.807, 2.05) is 19.1 Å². The van der Waals surface area contributed by atoms with E-state index in [2.05, 4.69) is 27.3 Å². The maximum atomic E-state index is 5.99. The largest absolute Gasteiger partial charge is 0.397 e. The smallest absolute Gasteiger partial charge is 0.0702 e. The third kappa shape index (κ3) is 3.15. The number of nitrogens with two attached hydrogens (primary N) is 1. The van der Waals surface area contributed by atoms with Crippen molar-refractivity contribution in [2.24, 2.45) is 0 Å². The van der Waals surface area contributed by atoms with Crippen LogP contribution in [-0.4, -0.2) is 0 Å². The number of halogens is 2. The molecule has 2 aromatic rings. The summed E-state index contributed by atoms with van der Waals surface area (Å²) in [5.41, 5.74) is 8.53. The molecule has 1 aromatic heterocycles. The van der Waals surface area contributed by atoms with Crippen molar-refractivity contribution < 1.29 is 0 Å². The van der Waals surface area contributed by atoms with E-state index in [1.165, 1.54) is 4.88 Å². The van der Waals surface area contributed by atoms with Crippen molar-refractivity contribution in [1.82, 2.24) is 0 Å². The van der Waals surface area contributed by atoms with Gasteiger partial charge in [0.2, 0.25) is 0 Å². The number of rotatable bonds is 3. The van der Waals surface area contributed by atoms with E-state index >= 15 is 0 Å². The number of benzene rings is 1. The minimum atomic E-state index is 0.677. The van der Waals surface area contributed by atoms with Crippen molar-refractivity contribution in [1.29, 1.82) is 0 Å². The van der Waals surface area contributed by atoms with E-state index in [0.717, 1.165) is 21.6 Å². The average molecular weight is 332 g/mol. The van der Waals surface area contributed by atoms with Gasteiger partial charge in [0, 0.05) is 16.4 Å². The van der Waals surface area contributed by atoms with Crippen LogP contribution in [-0.2, 0) is 6.54 Å². The van der Waals surface area contributed by atoms with Gasteiger partial charge in [0.1, 0.15) is 0 Å². The molecule has 1 heterocycles. The van der Waals surface area contributed by atoms with Crippen LogP contribution in [0.25, 0.3) is 0 Å². The zero-order valence-electron chi connectivity index (χ0n) is 9.26. The summed E-state index contributed by atoms with van der Waals surface area (Å²) in [5.74, 6) is 0. The summed E-state index contributed by atoms with van der Waals surface area (Å²) >= 11 is 11.1. The minimum Gasteiger partial charge on any atom is -0.397 e. The van der Waals surface area contributed by atoms with E-state index in [4.69, 9.17) is 17.3 Å². The molecule has 0 radical (unpaired) electrons. The Morgan fingerprint density at radius 3 is 2.82 bits per heavy atom. The summed E-state index contributed by atoms with van der Waals surface area (Å²) in [5, 5.41) is 4.02. The van der Waals surface area contributed by atoms with Gasteiger partial charge in [-0.1, -0.05) is 11.6 Å². The second-order valence-corrected chi connectivity index (χ2v) is 6.70. The predicted molar refractivity (Wildman–Crippen MR) is 79.9 cm³/mol. The van der Waals surface area contributed by atoms with Gasteiger partial charge in [-0.15, -0.1) is 11.3 Å². The molecule has 0 amide bonds. The number of hydrogen-bond acceptors (Lipinski definition) is 3. The quantitative estimate of drug-likeness (QED) is 0.802. The van der Waals surface area contributed by atoms with Crippen LogP contribution in [0.15, 0.2) is 28.1 Å². The number of aryl methyl sites for hydroxylation is 1. The van der Waals surface area contributed by atoms with Crippen molar-refractivity contribution in [3.05, 3.63) is 43.5 Å². The van der Waals surface area contributed by atoms with Crippen LogP contribution in [0.4, 0.5) is 11.4 Å².